The van der Waals surface area contributed by atoms with Gasteiger partial charge in [-0.15, -0.1) is 11.3 Å². The van der Waals surface area contributed by atoms with E-state index in [1.54, 1.807) is 6.07 Å². The normalized spacial score (nSPS) is 16.0. The van der Waals surface area contributed by atoms with Crippen LogP contribution in [0.5, 0.6) is 0 Å². The van der Waals surface area contributed by atoms with Crippen molar-refractivity contribution in [2.75, 3.05) is 18.5 Å². The van der Waals surface area contributed by atoms with Crippen LogP contribution in [0.1, 0.15) is 33.6 Å². The molecule has 0 aliphatic carbocycles. The van der Waals surface area contributed by atoms with Crippen molar-refractivity contribution in [2.45, 2.75) is 25.2 Å². The zero-order valence-electron chi connectivity index (χ0n) is 15.5. The summed E-state index contributed by atoms with van der Waals surface area (Å²) in [6.07, 6.45) is 1.26. The lowest BCUT2D eigenvalue weighted by molar-refractivity contribution is -0.125. The lowest BCUT2D eigenvalue weighted by Crippen LogP contribution is -2.45. The molecule has 0 bridgehead atoms. The van der Waals surface area contributed by atoms with Gasteiger partial charge in [-0.25, -0.2) is 4.79 Å². The van der Waals surface area contributed by atoms with Gasteiger partial charge in [-0.2, -0.15) is 0 Å². The first kappa shape index (κ1) is 18.7. The Morgan fingerprint density at radius 3 is 2.57 bits per heavy atom. The second-order valence-corrected chi connectivity index (χ2v) is 8.22. The highest BCUT2D eigenvalue weighted by Gasteiger charge is 2.42. The largest absolute Gasteiger partial charge is 0.477 e. The summed E-state index contributed by atoms with van der Waals surface area (Å²) in [6.45, 7) is 3.13. The van der Waals surface area contributed by atoms with Gasteiger partial charge in [0.05, 0.1) is 5.41 Å². The lowest BCUT2D eigenvalue weighted by Gasteiger charge is -2.37. The minimum Gasteiger partial charge on any atom is -0.477 e. The van der Waals surface area contributed by atoms with Crippen molar-refractivity contribution in [3.05, 3.63) is 64.5 Å². The number of hydrogen-bond donors (Lipinski definition) is 2. The van der Waals surface area contributed by atoms with E-state index in [4.69, 9.17) is 4.74 Å². The molecule has 0 saturated carbocycles. The molecule has 0 spiro atoms. The minimum atomic E-state index is -0.938. The molecule has 4 rings (SSSR count). The Hall–Kier alpha value is -2.70. The molecular weight excluding hydrogens is 374 g/mol. The molecule has 3 aromatic rings. The van der Waals surface area contributed by atoms with Crippen LogP contribution in [-0.4, -0.2) is 30.2 Å². The molecule has 0 radical (unpaired) electrons. The summed E-state index contributed by atoms with van der Waals surface area (Å²) in [5, 5.41) is 13.1. The molecule has 0 atom stereocenters. The molecule has 1 saturated heterocycles. The van der Waals surface area contributed by atoms with Crippen molar-refractivity contribution < 1.29 is 19.4 Å². The van der Waals surface area contributed by atoms with E-state index in [9.17, 15) is 14.7 Å². The third kappa shape index (κ3) is 3.30. The Balaban J connectivity index is 1.67. The molecule has 1 fully saturated rings. The Morgan fingerprint density at radius 1 is 1.11 bits per heavy atom. The smallest absolute Gasteiger partial charge is 0.345 e. The highest BCUT2D eigenvalue weighted by Crippen LogP contribution is 2.38. The topological polar surface area (TPSA) is 75.6 Å². The lowest BCUT2D eigenvalue weighted by atomic mass is 9.71. The van der Waals surface area contributed by atoms with E-state index in [1.165, 1.54) is 11.3 Å². The number of carbonyl (C=O) groups excluding carboxylic acids is 1. The Kier molecular flexibility index (Phi) is 4.91. The Bertz CT molecular complexity index is 1050. The average molecular weight is 395 g/mol. The predicted molar refractivity (Wildman–Crippen MR) is 110 cm³/mol. The molecule has 5 nitrogen and oxygen atoms in total. The molecule has 1 aliphatic rings. The van der Waals surface area contributed by atoms with E-state index in [0.717, 1.165) is 21.2 Å². The van der Waals surface area contributed by atoms with Gasteiger partial charge in [0, 0.05) is 23.6 Å². The standard InChI is InChI=1S/C22H21NO4S/c1-14-4-2-3-5-17(14)22(8-10-27-11-9-22)21(26)23-16-6-7-18-15(12-16)13-19(28-18)20(24)25/h2-7,12-13H,8-11H2,1H3,(H,23,26)(H,24,25). The molecular formula is C22H21NO4S. The summed E-state index contributed by atoms with van der Waals surface area (Å²) in [5.41, 5.74) is 2.19. The maximum absolute atomic E-state index is 13.4. The zero-order chi connectivity index (χ0) is 19.7. The summed E-state index contributed by atoms with van der Waals surface area (Å²) >= 11 is 1.23. The fourth-order valence-electron chi connectivity index (χ4n) is 3.93. The van der Waals surface area contributed by atoms with Crippen LogP contribution >= 0.6 is 11.3 Å². The number of hydrogen-bond acceptors (Lipinski definition) is 4. The molecule has 1 aromatic heterocycles. The predicted octanol–water partition coefficient (Wildman–Crippen LogP) is 4.59. The van der Waals surface area contributed by atoms with Crippen molar-refractivity contribution in [3.63, 3.8) is 0 Å². The number of carboxylic acid groups (broad SMARTS) is 1. The maximum atomic E-state index is 13.4. The third-order valence-electron chi connectivity index (χ3n) is 5.43. The number of ether oxygens (including phenoxy) is 1. The molecule has 144 valence electrons. The van der Waals surface area contributed by atoms with Gasteiger partial charge in [0.1, 0.15) is 4.88 Å². The second-order valence-electron chi connectivity index (χ2n) is 7.13. The van der Waals surface area contributed by atoms with Gasteiger partial charge in [0.15, 0.2) is 0 Å². The number of carboxylic acids is 1. The summed E-state index contributed by atoms with van der Waals surface area (Å²) in [6, 6.07) is 15.2. The Morgan fingerprint density at radius 2 is 1.86 bits per heavy atom. The highest BCUT2D eigenvalue weighted by atomic mass is 32.1. The van der Waals surface area contributed by atoms with Crippen LogP contribution in [0.3, 0.4) is 0 Å². The van der Waals surface area contributed by atoms with Crippen molar-refractivity contribution in [2.24, 2.45) is 0 Å². The maximum Gasteiger partial charge on any atom is 0.345 e. The number of thiophene rings is 1. The first-order valence-electron chi connectivity index (χ1n) is 9.22. The van der Waals surface area contributed by atoms with Crippen molar-refractivity contribution in [3.8, 4) is 0 Å². The number of carbonyl (C=O) groups is 2. The second kappa shape index (κ2) is 7.37. The van der Waals surface area contributed by atoms with Gasteiger partial charge in [0.25, 0.3) is 0 Å². The summed E-state index contributed by atoms with van der Waals surface area (Å²) in [4.78, 5) is 24.9. The number of amides is 1. The zero-order valence-corrected chi connectivity index (χ0v) is 16.3. The van der Waals surface area contributed by atoms with E-state index in [2.05, 4.69) is 5.32 Å². The fourth-order valence-corrected chi connectivity index (χ4v) is 4.81. The SMILES string of the molecule is Cc1ccccc1C1(C(=O)Nc2ccc3sc(C(=O)O)cc3c2)CCOCC1. The van der Waals surface area contributed by atoms with Crippen LogP contribution in [0.15, 0.2) is 48.5 Å². The number of fused-ring (bicyclic) bond motifs is 1. The summed E-state index contributed by atoms with van der Waals surface area (Å²) < 4.78 is 6.42. The third-order valence-corrected chi connectivity index (χ3v) is 6.53. The van der Waals surface area contributed by atoms with Crippen LogP contribution < -0.4 is 5.32 Å². The van der Waals surface area contributed by atoms with Gasteiger partial charge in [0.2, 0.25) is 5.91 Å². The first-order valence-corrected chi connectivity index (χ1v) is 10.0. The molecule has 1 amide bonds. The molecule has 28 heavy (non-hydrogen) atoms. The monoisotopic (exact) mass is 395 g/mol. The number of benzene rings is 2. The molecule has 2 aromatic carbocycles. The van der Waals surface area contributed by atoms with E-state index >= 15 is 0 Å². The number of rotatable bonds is 4. The van der Waals surface area contributed by atoms with E-state index < -0.39 is 11.4 Å². The van der Waals surface area contributed by atoms with Gasteiger partial charge < -0.3 is 15.2 Å². The number of nitrogens with one attached hydrogen (secondary N) is 1. The Labute approximate surface area is 167 Å². The average Bonchev–Trinajstić information content (AvgIpc) is 3.12. The van der Waals surface area contributed by atoms with Crippen molar-refractivity contribution in [1.29, 1.82) is 0 Å². The van der Waals surface area contributed by atoms with E-state index in [-0.39, 0.29) is 5.91 Å². The number of anilines is 1. The van der Waals surface area contributed by atoms with Gasteiger partial charge >= 0.3 is 5.97 Å². The van der Waals surface area contributed by atoms with Crippen LogP contribution in [-0.2, 0) is 14.9 Å². The number of aromatic carboxylic acids is 1. The first-order chi connectivity index (χ1) is 13.5. The van der Waals surface area contributed by atoms with Crippen molar-refractivity contribution in [1.82, 2.24) is 0 Å². The van der Waals surface area contributed by atoms with Crippen molar-refractivity contribution >= 4 is 39.0 Å². The molecule has 2 heterocycles. The fraction of sp³-hybridized carbons (Fsp3) is 0.273. The minimum absolute atomic E-state index is 0.0434. The van der Waals surface area contributed by atoms with Crippen LogP contribution in [0, 0.1) is 6.92 Å². The molecule has 1 aliphatic heterocycles. The summed E-state index contributed by atoms with van der Waals surface area (Å²) in [7, 11) is 0. The van der Waals surface area contributed by atoms with Crippen LogP contribution in [0.2, 0.25) is 0 Å². The van der Waals surface area contributed by atoms with Gasteiger partial charge in [-0.05, 0) is 60.5 Å². The number of aryl methyl sites for hydroxylation is 1. The molecule has 2 N–H and O–H groups in total. The van der Waals surface area contributed by atoms with Gasteiger partial charge in [-0.1, -0.05) is 24.3 Å². The summed E-state index contributed by atoms with van der Waals surface area (Å²) in [5.74, 6) is -0.981. The van der Waals surface area contributed by atoms with Crippen LogP contribution in [0.4, 0.5) is 5.69 Å². The molecule has 0 unspecified atom stereocenters. The van der Waals surface area contributed by atoms with Crippen LogP contribution in [0.25, 0.3) is 10.1 Å². The van der Waals surface area contributed by atoms with E-state index in [1.807, 2.05) is 49.4 Å². The van der Waals surface area contributed by atoms with Gasteiger partial charge in [-0.3, -0.25) is 4.79 Å². The van der Waals surface area contributed by atoms with E-state index in [0.29, 0.717) is 36.6 Å². The molecule has 6 heteroatoms. The highest BCUT2D eigenvalue weighted by molar-refractivity contribution is 7.20. The quantitative estimate of drug-likeness (QED) is 0.677.